The Bertz CT molecular complexity index is 433. The number of hydrogen-bond donors (Lipinski definition) is 1. The molecule has 3 unspecified atom stereocenters. The molecule has 3 atom stereocenters. The van der Waals surface area contributed by atoms with Crippen molar-refractivity contribution in [3.8, 4) is 11.5 Å². The van der Waals surface area contributed by atoms with Gasteiger partial charge in [-0.3, -0.25) is 0 Å². The van der Waals surface area contributed by atoms with Crippen molar-refractivity contribution in [1.82, 2.24) is 5.32 Å². The van der Waals surface area contributed by atoms with Crippen molar-refractivity contribution in [1.29, 1.82) is 0 Å². The standard InChI is InChI=1S/C17H27NO2/c1-5-20-16-9-7-14(10-17(16)19-4)11-18-15-8-6-12(2)13(15)3/h7,9-10,12-13,15,18H,5-6,8,11H2,1-4H3. The second-order valence-electron chi connectivity index (χ2n) is 5.82. The smallest absolute Gasteiger partial charge is 0.161 e. The third-order valence-corrected chi connectivity index (χ3v) is 4.56. The van der Waals surface area contributed by atoms with Gasteiger partial charge in [-0.05, 0) is 49.3 Å². The summed E-state index contributed by atoms with van der Waals surface area (Å²) in [4.78, 5) is 0. The summed E-state index contributed by atoms with van der Waals surface area (Å²) < 4.78 is 10.9. The fraction of sp³-hybridized carbons (Fsp3) is 0.647. The van der Waals surface area contributed by atoms with Gasteiger partial charge in [0.05, 0.1) is 13.7 Å². The van der Waals surface area contributed by atoms with Crippen LogP contribution in [0.2, 0.25) is 0 Å². The topological polar surface area (TPSA) is 30.5 Å². The Morgan fingerprint density at radius 1 is 1.20 bits per heavy atom. The number of rotatable bonds is 6. The molecule has 3 nitrogen and oxygen atoms in total. The molecule has 112 valence electrons. The van der Waals surface area contributed by atoms with Crippen LogP contribution in [0.3, 0.4) is 0 Å². The average Bonchev–Trinajstić information content (AvgIpc) is 2.78. The summed E-state index contributed by atoms with van der Waals surface area (Å²) in [6.07, 6.45) is 2.63. The number of benzene rings is 1. The molecule has 0 spiro atoms. The zero-order chi connectivity index (χ0) is 14.5. The van der Waals surface area contributed by atoms with Crippen LogP contribution in [0.5, 0.6) is 11.5 Å². The highest BCUT2D eigenvalue weighted by Crippen LogP contribution is 2.32. The molecule has 1 aromatic rings. The first-order valence-electron chi connectivity index (χ1n) is 7.68. The maximum absolute atomic E-state index is 5.55. The molecule has 0 radical (unpaired) electrons. The Morgan fingerprint density at radius 3 is 2.60 bits per heavy atom. The van der Waals surface area contributed by atoms with Gasteiger partial charge < -0.3 is 14.8 Å². The lowest BCUT2D eigenvalue weighted by molar-refractivity contribution is 0.310. The minimum absolute atomic E-state index is 0.641. The Morgan fingerprint density at radius 2 is 2.00 bits per heavy atom. The van der Waals surface area contributed by atoms with Crippen molar-refractivity contribution < 1.29 is 9.47 Å². The molecular weight excluding hydrogens is 250 g/mol. The lowest BCUT2D eigenvalue weighted by Gasteiger charge is -2.20. The summed E-state index contributed by atoms with van der Waals surface area (Å²) in [7, 11) is 1.69. The molecular formula is C17H27NO2. The van der Waals surface area contributed by atoms with E-state index in [1.807, 2.05) is 13.0 Å². The van der Waals surface area contributed by atoms with Crippen molar-refractivity contribution in [3.63, 3.8) is 0 Å². The average molecular weight is 277 g/mol. The van der Waals surface area contributed by atoms with Crippen LogP contribution in [0.4, 0.5) is 0 Å². The van der Waals surface area contributed by atoms with Crippen LogP contribution in [-0.2, 0) is 6.54 Å². The molecule has 0 aromatic heterocycles. The Hall–Kier alpha value is -1.22. The molecule has 2 rings (SSSR count). The first kappa shape index (κ1) is 15.2. The van der Waals surface area contributed by atoms with E-state index >= 15 is 0 Å². The predicted molar refractivity (Wildman–Crippen MR) is 82.4 cm³/mol. The molecule has 1 fully saturated rings. The zero-order valence-electron chi connectivity index (χ0n) is 13.1. The summed E-state index contributed by atoms with van der Waals surface area (Å²) in [5.41, 5.74) is 1.25. The van der Waals surface area contributed by atoms with Gasteiger partial charge in [0.15, 0.2) is 11.5 Å². The maximum Gasteiger partial charge on any atom is 0.161 e. The maximum atomic E-state index is 5.55. The second kappa shape index (κ2) is 6.98. The Balaban J connectivity index is 1.96. The van der Waals surface area contributed by atoms with E-state index in [1.165, 1.54) is 18.4 Å². The zero-order valence-corrected chi connectivity index (χ0v) is 13.1. The van der Waals surface area contributed by atoms with Crippen molar-refractivity contribution in [3.05, 3.63) is 23.8 Å². The lowest BCUT2D eigenvalue weighted by Crippen LogP contribution is -2.31. The van der Waals surface area contributed by atoms with Gasteiger partial charge in [0, 0.05) is 12.6 Å². The van der Waals surface area contributed by atoms with E-state index in [9.17, 15) is 0 Å². The molecule has 3 heteroatoms. The van der Waals surface area contributed by atoms with Gasteiger partial charge in [-0.15, -0.1) is 0 Å². The van der Waals surface area contributed by atoms with E-state index in [0.29, 0.717) is 12.6 Å². The van der Waals surface area contributed by atoms with E-state index in [0.717, 1.165) is 29.9 Å². The first-order valence-corrected chi connectivity index (χ1v) is 7.68. The van der Waals surface area contributed by atoms with Crippen molar-refractivity contribution >= 4 is 0 Å². The molecule has 0 saturated heterocycles. The second-order valence-corrected chi connectivity index (χ2v) is 5.82. The summed E-state index contributed by atoms with van der Waals surface area (Å²) in [6.45, 7) is 8.24. The molecule has 20 heavy (non-hydrogen) atoms. The molecule has 0 heterocycles. The van der Waals surface area contributed by atoms with Crippen LogP contribution in [0.25, 0.3) is 0 Å². The highest BCUT2D eigenvalue weighted by atomic mass is 16.5. The van der Waals surface area contributed by atoms with Crippen LogP contribution in [0, 0.1) is 11.8 Å². The summed E-state index contributed by atoms with van der Waals surface area (Å²) in [5.74, 6) is 3.24. The molecule has 0 bridgehead atoms. The molecule has 1 N–H and O–H groups in total. The van der Waals surface area contributed by atoms with Crippen LogP contribution in [0.1, 0.15) is 39.2 Å². The number of hydrogen-bond acceptors (Lipinski definition) is 3. The summed E-state index contributed by atoms with van der Waals surface area (Å²) in [6, 6.07) is 6.83. The number of methoxy groups -OCH3 is 1. The number of nitrogens with one attached hydrogen (secondary N) is 1. The van der Waals surface area contributed by atoms with Gasteiger partial charge in [0.25, 0.3) is 0 Å². The molecule has 0 amide bonds. The minimum atomic E-state index is 0.641. The molecule has 1 saturated carbocycles. The third kappa shape index (κ3) is 3.45. The Kier molecular flexibility index (Phi) is 5.30. The van der Waals surface area contributed by atoms with Gasteiger partial charge in [0.2, 0.25) is 0 Å². The highest BCUT2D eigenvalue weighted by molar-refractivity contribution is 5.42. The SMILES string of the molecule is CCOc1ccc(CNC2CCC(C)C2C)cc1OC. The largest absolute Gasteiger partial charge is 0.493 e. The Labute approximate surface area is 122 Å². The van der Waals surface area contributed by atoms with Crippen LogP contribution < -0.4 is 14.8 Å². The summed E-state index contributed by atoms with van der Waals surface area (Å²) in [5, 5.41) is 3.68. The number of ether oxygens (including phenoxy) is 2. The van der Waals surface area contributed by atoms with Crippen LogP contribution >= 0.6 is 0 Å². The van der Waals surface area contributed by atoms with Gasteiger partial charge in [0.1, 0.15) is 0 Å². The minimum Gasteiger partial charge on any atom is -0.493 e. The lowest BCUT2D eigenvalue weighted by atomic mass is 9.97. The third-order valence-electron chi connectivity index (χ3n) is 4.56. The van der Waals surface area contributed by atoms with Crippen molar-refractivity contribution in [2.45, 2.75) is 46.2 Å². The monoisotopic (exact) mass is 277 g/mol. The predicted octanol–water partition coefficient (Wildman–Crippen LogP) is 3.62. The first-order chi connectivity index (χ1) is 9.65. The van der Waals surface area contributed by atoms with Crippen molar-refractivity contribution in [2.75, 3.05) is 13.7 Å². The van der Waals surface area contributed by atoms with E-state index < -0.39 is 0 Å². The fourth-order valence-corrected chi connectivity index (χ4v) is 3.00. The van der Waals surface area contributed by atoms with E-state index in [-0.39, 0.29) is 0 Å². The van der Waals surface area contributed by atoms with Crippen molar-refractivity contribution in [2.24, 2.45) is 11.8 Å². The van der Waals surface area contributed by atoms with E-state index in [4.69, 9.17) is 9.47 Å². The highest BCUT2D eigenvalue weighted by Gasteiger charge is 2.28. The normalized spacial score (nSPS) is 25.7. The van der Waals surface area contributed by atoms with Gasteiger partial charge in [-0.1, -0.05) is 19.9 Å². The summed E-state index contributed by atoms with van der Waals surface area (Å²) >= 11 is 0. The molecule has 1 aliphatic carbocycles. The molecule has 1 aliphatic rings. The van der Waals surface area contributed by atoms with Crippen LogP contribution in [0.15, 0.2) is 18.2 Å². The molecule has 0 aliphatic heterocycles. The van der Waals surface area contributed by atoms with Crippen LogP contribution in [-0.4, -0.2) is 19.8 Å². The fourth-order valence-electron chi connectivity index (χ4n) is 3.00. The quantitative estimate of drug-likeness (QED) is 0.861. The van der Waals surface area contributed by atoms with E-state index in [1.54, 1.807) is 7.11 Å². The van der Waals surface area contributed by atoms with Gasteiger partial charge >= 0.3 is 0 Å². The van der Waals surface area contributed by atoms with Gasteiger partial charge in [-0.2, -0.15) is 0 Å². The molecule has 1 aromatic carbocycles. The van der Waals surface area contributed by atoms with E-state index in [2.05, 4.69) is 31.3 Å². The van der Waals surface area contributed by atoms with Gasteiger partial charge in [-0.25, -0.2) is 0 Å².